The third-order valence-electron chi connectivity index (χ3n) is 2.95. The lowest BCUT2D eigenvalue weighted by atomic mass is 10.1. The lowest BCUT2D eigenvalue weighted by Crippen LogP contribution is -2.54. The van der Waals surface area contributed by atoms with E-state index in [1.165, 1.54) is 24.3 Å². The molecule has 0 amide bonds. The second kappa shape index (κ2) is 5.50. The van der Waals surface area contributed by atoms with Crippen molar-refractivity contribution in [3.8, 4) is 0 Å². The van der Waals surface area contributed by atoms with Crippen LogP contribution in [0.25, 0.3) is 0 Å². The van der Waals surface area contributed by atoms with Gasteiger partial charge in [0.1, 0.15) is 11.1 Å². The molecule has 0 heterocycles. The molecule has 3 nitrogen and oxygen atoms in total. The van der Waals surface area contributed by atoms with Gasteiger partial charge in [0.2, 0.25) is 0 Å². The van der Waals surface area contributed by atoms with E-state index in [4.69, 9.17) is 0 Å². The van der Waals surface area contributed by atoms with E-state index in [-0.39, 0.29) is 17.3 Å². The Balaban J connectivity index is 2.45. The van der Waals surface area contributed by atoms with Crippen LogP contribution in [0.15, 0.2) is 59.5 Å². The van der Waals surface area contributed by atoms with Gasteiger partial charge >= 0.3 is 0 Å². The SMILES string of the molecule is [NH3+]C[C@H](c1ccc(F)cc1)S(=O)(=O)c1ccccc1. The fourth-order valence-corrected chi connectivity index (χ4v) is 3.64. The highest BCUT2D eigenvalue weighted by Crippen LogP contribution is 2.27. The maximum absolute atomic E-state index is 12.9. The van der Waals surface area contributed by atoms with E-state index in [2.05, 4.69) is 5.73 Å². The minimum atomic E-state index is -3.50. The third-order valence-corrected chi connectivity index (χ3v) is 5.14. The van der Waals surface area contributed by atoms with Gasteiger partial charge in [-0.25, -0.2) is 12.8 Å². The second-order valence-electron chi connectivity index (χ2n) is 4.19. The second-order valence-corrected chi connectivity index (χ2v) is 6.32. The molecule has 0 radical (unpaired) electrons. The number of hydrogen-bond donors (Lipinski definition) is 1. The van der Waals surface area contributed by atoms with Gasteiger partial charge in [-0.15, -0.1) is 0 Å². The van der Waals surface area contributed by atoms with E-state index in [0.717, 1.165) is 0 Å². The van der Waals surface area contributed by atoms with Crippen LogP contribution < -0.4 is 5.73 Å². The summed E-state index contributed by atoms with van der Waals surface area (Å²) in [6, 6.07) is 13.7. The molecule has 0 spiro atoms. The van der Waals surface area contributed by atoms with Gasteiger partial charge in [-0.2, -0.15) is 0 Å². The molecule has 0 saturated heterocycles. The molecule has 19 heavy (non-hydrogen) atoms. The van der Waals surface area contributed by atoms with E-state index in [1.807, 2.05) is 0 Å². The van der Waals surface area contributed by atoms with Crippen LogP contribution in [0.5, 0.6) is 0 Å². The first-order chi connectivity index (χ1) is 9.05. The molecule has 0 aliphatic carbocycles. The average molecular weight is 280 g/mol. The summed E-state index contributed by atoms with van der Waals surface area (Å²) in [6.07, 6.45) is 0. The van der Waals surface area contributed by atoms with Gasteiger partial charge in [0.15, 0.2) is 9.84 Å². The highest BCUT2D eigenvalue weighted by molar-refractivity contribution is 7.91. The average Bonchev–Trinajstić information content (AvgIpc) is 2.42. The number of halogens is 1. The Morgan fingerprint density at radius 3 is 2.11 bits per heavy atom. The molecule has 2 aromatic carbocycles. The maximum Gasteiger partial charge on any atom is 0.190 e. The van der Waals surface area contributed by atoms with E-state index in [9.17, 15) is 12.8 Å². The topological polar surface area (TPSA) is 61.8 Å². The van der Waals surface area contributed by atoms with Crippen LogP contribution in [0, 0.1) is 5.82 Å². The zero-order valence-electron chi connectivity index (χ0n) is 10.3. The van der Waals surface area contributed by atoms with Gasteiger partial charge < -0.3 is 5.73 Å². The number of benzene rings is 2. The summed E-state index contributed by atoms with van der Waals surface area (Å²) < 4.78 is 37.9. The summed E-state index contributed by atoms with van der Waals surface area (Å²) in [6.45, 7) is 0.197. The van der Waals surface area contributed by atoms with E-state index < -0.39 is 15.1 Å². The fourth-order valence-electron chi connectivity index (χ4n) is 1.95. The van der Waals surface area contributed by atoms with Crippen LogP contribution in [-0.2, 0) is 9.84 Å². The molecule has 0 unspecified atom stereocenters. The molecule has 0 saturated carbocycles. The Morgan fingerprint density at radius 1 is 1.00 bits per heavy atom. The van der Waals surface area contributed by atoms with Crippen molar-refractivity contribution in [2.45, 2.75) is 10.1 Å². The van der Waals surface area contributed by atoms with Crippen molar-refractivity contribution in [1.82, 2.24) is 0 Å². The van der Waals surface area contributed by atoms with Crippen LogP contribution in [0.4, 0.5) is 4.39 Å². The lowest BCUT2D eigenvalue weighted by molar-refractivity contribution is -0.367. The van der Waals surface area contributed by atoms with E-state index in [1.54, 1.807) is 30.3 Å². The van der Waals surface area contributed by atoms with Gasteiger partial charge in [0.25, 0.3) is 0 Å². The summed E-state index contributed by atoms with van der Waals surface area (Å²) in [5.41, 5.74) is 4.26. The smallest absolute Gasteiger partial charge is 0.190 e. The number of hydrogen-bond acceptors (Lipinski definition) is 2. The number of sulfone groups is 1. The Kier molecular flexibility index (Phi) is 3.97. The number of quaternary nitrogens is 1. The molecule has 0 aromatic heterocycles. The molecule has 0 aliphatic heterocycles. The first-order valence-electron chi connectivity index (χ1n) is 5.89. The first-order valence-corrected chi connectivity index (χ1v) is 7.44. The highest BCUT2D eigenvalue weighted by atomic mass is 32.2. The molecular formula is C14H15FNO2S+. The standard InChI is InChI=1S/C14H14FNO2S/c15-12-8-6-11(7-9-12)14(10-16)19(17,18)13-4-2-1-3-5-13/h1-9,14H,10,16H2/p+1/t14-/m1/s1. The molecule has 5 heteroatoms. The van der Waals surface area contributed by atoms with Crippen LogP contribution in [0.1, 0.15) is 10.8 Å². The predicted octanol–water partition coefficient (Wildman–Crippen LogP) is 1.58. The van der Waals surface area contributed by atoms with Crippen molar-refractivity contribution in [1.29, 1.82) is 0 Å². The van der Waals surface area contributed by atoms with Gasteiger partial charge in [0, 0.05) is 0 Å². The molecule has 3 N–H and O–H groups in total. The van der Waals surface area contributed by atoms with Crippen LogP contribution in [-0.4, -0.2) is 15.0 Å². The van der Waals surface area contributed by atoms with Crippen molar-refractivity contribution in [3.05, 3.63) is 66.0 Å². The third kappa shape index (κ3) is 2.83. The quantitative estimate of drug-likeness (QED) is 0.924. The van der Waals surface area contributed by atoms with Crippen molar-refractivity contribution in [2.24, 2.45) is 0 Å². The predicted molar refractivity (Wildman–Crippen MR) is 70.5 cm³/mol. The molecule has 0 aliphatic rings. The Hall–Kier alpha value is -1.72. The minimum Gasteiger partial charge on any atom is -0.356 e. The summed E-state index contributed by atoms with van der Waals surface area (Å²) >= 11 is 0. The first kappa shape index (κ1) is 13.7. The molecule has 0 bridgehead atoms. The van der Waals surface area contributed by atoms with Gasteiger partial charge in [-0.3, -0.25) is 0 Å². The van der Waals surface area contributed by atoms with Crippen molar-refractivity contribution in [2.75, 3.05) is 6.54 Å². The molecular weight excluding hydrogens is 265 g/mol. The monoisotopic (exact) mass is 280 g/mol. The maximum atomic E-state index is 12.9. The number of rotatable bonds is 4. The fraction of sp³-hybridized carbons (Fsp3) is 0.143. The molecule has 1 atom stereocenters. The molecule has 2 aromatic rings. The summed E-state index contributed by atoms with van der Waals surface area (Å²) in [7, 11) is -3.50. The van der Waals surface area contributed by atoms with Crippen LogP contribution in [0.2, 0.25) is 0 Å². The minimum absolute atomic E-state index is 0.197. The normalized spacial score (nSPS) is 13.2. The molecule has 2 rings (SSSR count). The van der Waals surface area contributed by atoms with Crippen LogP contribution in [0.3, 0.4) is 0 Å². The van der Waals surface area contributed by atoms with E-state index >= 15 is 0 Å². The zero-order chi connectivity index (χ0) is 13.9. The summed E-state index contributed by atoms with van der Waals surface area (Å²) in [4.78, 5) is 0.257. The highest BCUT2D eigenvalue weighted by Gasteiger charge is 2.29. The van der Waals surface area contributed by atoms with E-state index in [0.29, 0.717) is 5.56 Å². The zero-order valence-corrected chi connectivity index (χ0v) is 11.1. The Labute approximate surface area is 111 Å². The summed E-state index contributed by atoms with van der Waals surface area (Å²) in [5, 5.41) is -0.754. The Morgan fingerprint density at radius 2 is 1.58 bits per heavy atom. The van der Waals surface area contributed by atoms with Gasteiger partial charge in [-0.05, 0) is 29.8 Å². The Bertz CT molecular complexity index is 639. The van der Waals surface area contributed by atoms with Crippen molar-refractivity contribution >= 4 is 9.84 Å². The lowest BCUT2D eigenvalue weighted by Gasteiger charge is -2.14. The molecule has 100 valence electrons. The summed E-state index contributed by atoms with van der Waals surface area (Å²) in [5.74, 6) is -0.385. The molecule has 0 fully saturated rings. The van der Waals surface area contributed by atoms with Gasteiger partial charge in [-0.1, -0.05) is 30.3 Å². The van der Waals surface area contributed by atoms with Crippen LogP contribution >= 0.6 is 0 Å². The van der Waals surface area contributed by atoms with Crippen molar-refractivity contribution in [3.63, 3.8) is 0 Å². The van der Waals surface area contributed by atoms with Crippen molar-refractivity contribution < 1.29 is 18.5 Å². The largest absolute Gasteiger partial charge is 0.356 e. The van der Waals surface area contributed by atoms with Gasteiger partial charge in [0.05, 0.1) is 11.4 Å².